The molecule has 1 aliphatic heterocycles. The number of nitrogens with zero attached hydrogens (tertiary/aromatic N) is 2. The van der Waals surface area contributed by atoms with Gasteiger partial charge in [0.1, 0.15) is 0 Å². The minimum absolute atomic E-state index is 0.0254. The maximum Gasteiger partial charge on any atom is 0.240 e. The van der Waals surface area contributed by atoms with Gasteiger partial charge >= 0.3 is 0 Å². The zero-order valence-electron chi connectivity index (χ0n) is 9.42. The summed E-state index contributed by atoms with van der Waals surface area (Å²) in [5, 5.41) is 3.09. The van der Waals surface area contributed by atoms with E-state index in [1.165, 1.54) is 0 Å². The molecule has 1 unspecified atom stereocenters. The van der Waals surface area contributed by atoms with Crippen molar-refractivity contribution in [2.45, 2.75) is 25.3 Å². The van der Waals surface area contributed by atoms with Gasteiger partial charge in [0.25, 0.3) is 0 Å². The van der Waals surface area contributed by atoms with Crippen molar-refractivity contribution in [1.82, 2.24) is 15.1 Å². The van der Waals surface area contributed by atoms with Gasteiger partial charge in [0.15, 0.2) is 0 Å². The summed E-state index contributed by atoms with van der Waals surface area (Å²) in [5.41, 5.74) is 0. The molecule has 1 N–H and O–H groups in total. The number of nitrogens with one attached hydrogen (secondary N) is 1. The van der Waals surface area contributed by atoms with Crippen LogP contribution in [0.15, 0.2) is 0 Å². The first-order chi connectivity index (χ1) is 6.65. The highest BCUT2D eigenvalue weighted by atomic mass is 16.2. The van der Waals surface area contributed by atoms with Crippen LogP contribution in [-0.2, 0) is 4.79 Å². The molecule has 0 aromatic carbocycles. The number of rotatable bonds is 3. The molecule has 14 heavy (non-hydrogen) atoms. The quantitative estimate of drug-likeness (QED) is 0.700. The van der Waals surface area contributed by atoms with E-state index in [2.05, 4.69) is 5.32 Å². The molecule has 0 bridgehead atoms. The molecule has 0 aliphatic carbocycles. The van der Waals surface area contributed by atoms with Crippen LogP contribution in [0.25, 0.3) is 0 Å². The topological polar surface area (TPSA) is 35.6 Å². The first kappa shape index (κ1) is 11.5. The van der Waals surface area contributed by atoms with Gasteiger partial charge in [-0.1, -0.05) is 0 Å². The van der Waals surface area contributed by atoms with E-state index < -0.39 is 0 Å². The Kier molecular flexibility index (Phi) is 4.35. The van der Waals surface area contributed by atoms with Crippen LogP contribution in [0, 0.1) is 0 Å². The van der Waals surface area contributed by atoms with E-state index in [4.69, 9.17) is 0 Å². The van der Waals surface area contributed by atoms with Gasteiger partial charge in [0.2, 0.25) is 5.91 Å². The second-order valence-corrected chi connectivity index (χ2v) is 4.16. The Morgan fingerprint density at radius 1 is 1.50 bits per heavy atom. The first-order valence-electron chi connectivity index (χ1n) is 5.26. The number of amides is 1. The van der Waals surface area contributed by atoms with Crippen molar-refractivity contribution in [2.24, 2.45) is 0 Å². The Bertz CT molecular complexity index is 194. The lowest BCUT2D eigenvalue weighted by Gasteiger charge is -2.26. The molecular weight excluding hydrogens is 178 g/mol. The van der Waals surface area contributed by atoms with Crippen LogP contribution in [0.3, 0.4) is 0 Å². The molecule has 0 aromatic rings. The average Bonchev–Trinajstić information content (AvgIpc) is 2.29. The van der Waals surface area contributed by atoms with Crippen LogP contribution in [0.1, 0.15) is 19.3 Å². The van der Waals surface area contributed by atoms with E-state index in [1.54, 1.807) is 0 Å². The third-order valence-electron chi connectivity index (χ3n) is 2.58. The molecule has 1 atom stereocenters. The molecule has 1 rings (SSSR count). The van der Waals surface area contributed by atoms with Gasteiger partial charge < -0.3 is 10.2 Å². The summed E-state index contributed by atoms with van der Waals surface area (Å²) in [7, 11) is 5.85. The average molecular weight is 199 g/mol. The summed E-state index contributed by atoms with van der Waals surface area (Å²) in [6, 6.07) is 0.0254. The van der Waals surface area contributed by atoms with Crippen LogP contribution in [0.5, 0.6) is 0 Å². The lowest BCUT2D eigenvalue weighted by molar-refractivity contribution is -0.134. The fourth-order valence-electron chi connectivity index (χ4n) is 1.85. The Hall–Kier alpha value is -0.610. The van der Waals surface area contributed by atoms with Gasteiger partial charge in [-0.3, -0.25) is 9.69 Å². The largest absolute Gasteiger partial charge is 0.328 e. The van der Waals surface area contributed by atoms with Crippen molar-refractivity contribution in [1.29, 1.82) is 0 Å². The molecule has 0 aromatic heterocycles. The fraction of sp³-hybridized carbons (Fsp3) is 0.900. The molecule has 1 heterocycles. The van der Waals surface area contributed by atoms with E-state index in [9.17, 15) is 4.79 Å². The molecular formula is C10H21N3O. The van der Waals surface area contributed by atoms with Gasteiger partial charge in [-0.05, 0) is 40.4 Å². The van der Waals surface area contributed by atoms with Crippen LogP contribution >= 0.6 is 0 Å². The predicted molar refractivity (Wildman–Crippen MR) is 57.0 cm³/mol. The third kappa shape index (κ3) is 2.96. The summed E-state index contributed by atoms with van der Waals surface area (Å²) in [5.74, 6) is 0.249. The second kappa shape index (κ2) is 5.32. The number of carbonyl (C=O) groups is 1. The molecule has 4 nitrogen and oxygen atoms in total. The number of likely N-dealkylation sites (tertiary alicyclic amines) is 1. The van der Waals surface area contributed by atoms with E-state index in [0.29, 0.717) is 0 Å². The van der Waals surface area contributed by atoms with Crippen LogP contribution in [0.4, 0.5) is 0 Å². The maximum absolute atomic E-state index is 11.9. The van der Waals surface area contributed by atoms with Gasteiger partial charge in [0, 0.05) is 6.54 Å². The Balaban J connectivity index is 2.58. The summed E-state index contributed by atoms with van der Waals surface area (Å²) >= 11 is 0. The molecule has 0 spiro atoms. The van der Waals surface area contributed by atoms with Crippen molar-refractivity contribution in [3.05, 3.63) is 0 Å². The normalized spacial score (nSPS) is 24.1. The Labute approximate surface area is 86.2 Å². The molecule has 1 amide bonds. The number of hydrogen-bond acceptors (Lipinski definition) is 3. The second-order valence-electron chi connectivity index (χ2n) is 4.16. The minimum Gasteiger partial charge on any atom is -0.328 e. The van der Waals surface area contributed by atoms with E-state index >= 15 is 0 Å². The minimum atomic E-state index is 0.0254. The van der Waals surface area contributed by atoms with Crippen LogP contribution in [0.2, 0.25) is 0 Å². The lowest BCUT2D eigenvalue weighted by Crippen LogP contribution is -2.47. The zero-order valence-corrected chi connectivity index (χ0v) is 9.42. The Morgan fingerprint density at radius 2 is 2.21 bits per heavy atom. The number of hydrogen-bond donors (Lipinski definition) is 1. The standard InChI is InChI=1S/C10H21N3O/c1-11-9-6-4-5-7-13(10(9)14)8-12(2)3/h9,11H,4-8H2,1-3H3. The van der Waals surface area contributed by atoms with Crippen molar-refractivity contribution < 1.29 is 4.79 Å². The smallest absolute Gasteiger partial charge is 0.240 e. The van der Waals surface area contributed by atoms with Gasteiger partial charge in [0.05, 0.1) is 12.7 Å². The molecule has 1 saturated heterocycles. The zero-order chi connectivity index (χ0) is 10.6. The van der Waals surface area contributed by atoms with Gasteiger partial charge in [-0.2, -0.15) is 0 Å². The number of carbonyl (C=O) groups excluding carboxylic acids is 1. The molecule has 0 radical (unpaired) electrons. The Morgan fingerprint density at radius 3 is 2.79 bits per heavy atom. The first-order valence-corrected chi connectivity index (χ1v) is 5.26. The van der Waals surface area contributed by atoms with Crippen molar-refractivity contribution in [2.75, 3.05) is 34.4 Å². The highest BCUT2D eigenvalue weighted by Gasteiger charge is 2.25. The van der Waals surface area contributed by atoms with Crippen LogP contribution < -0.4 is 5.32 Å². The predicted octanol–water partition coefficient (Wildman–Crippen LogP) is 0.106. The lowest BCUT2D eigenvalue weighted by atomic mass is 10.1. The monoisotopic (exact) mass is 199 g/mol. The molecule has 82 valence electrons. The van der Waals surface area contributed by atoms with Gasteiger partial charge in [-0.25, -0.2) is 0 Å². The summed E-state index contributed by atoms with van der Waals surface area (Å²) in [4.78, 5) is 15.9. The fourth-order valence-corrected chi connectivity index (χ4v) is 1.85. The van der Waals surface area contributed by atoms with Crippen molar-refractivity contribution in [3.63, 3.8) is 0 Å². The van der Waals surface area contributed by atoms with Crippen molar-refractivity contribution >= 4 is 5.91 Å². The van der Waals surface area contributed by atoms with Crippen LogP contribution in [-0.4, -0.2) is 56.1 Å². The maximum atomic E-state index is 11.9. The molecule has 4 heteroatoms. The van der Waals surface area contributed by atoms with Crippen molar-refractivity contribution in [3.8, 4) is 0 Å². The molecule has 0 saturated carbocycles. The number of likely N-dealkylation sites (N-methyl/N-ethyl adjacent to an activating group) is 1. The molecule has 1 aliphatic rings. The third-order valence-corrected chi connectivity index (χ3v) is 2.58. The van der Waals surface area contributed by atoms with E-state index in [-0.39, 0.29) is 11.9 Å². The highest BCUT2D eigenvalue weighted by molar-refractivity contribution is 5.82. The van der Waals surface area contributed by atoms with Gasteiger partial charge in [-0.15, -0.1) is 0 Å². The SMILES string of the molecule is CNC1CCCCN(CN(C)C)C1=O. The highest BCUT2D eigenvalue weighted by Crippen LogP contribution is 2.11. The summed E-state index contributed by atoms with van der Waals surface area (Å²) < 4.78 is 0. The summed E-state index contributed by atoms with van der Waals surface area (Å²) in [6.45, 7) is 1.63. The van der Waals surface area contributed by atoms with E-state index in [1.807, 2.05) is 30.9 Å². The van der Waals surface area contributed by atoms with E-state index in [0.717, 1.165) is 32.5 Å². The summed E-state index contributed by atoms with van der Waals surface area (Å²) in [6.07, 6.45) is 3.23. The molecule has 1 fully saturated rings.